The molecule has 1 aromatic carbocycles. The van der Waals surface area contributed by atoms with E-state index in [1.807, 2.05) is 13.0 Å². The Kier molecular flexibility index (Phi) is 4.34. The number of carbonyl (C=O) groups excluding carboxylic acids is 2. The van der Waals surface area contributed by atoms with E-state index >= 15 is 0 Å². The van der Waals surface area contributed by atoms with Gasteiger partial charge in [-0.3, -0.25) is 14.7 Å². The zero-order valence-corrected chi connectivity index (χ0v) is 15.2. The lowest BCUT2D eigenvalue weighted by molar-refractivity contribution is -0.117. The first-order chi connectivity index (χ1) is 13.4. The molecule has 28 heavy (non-hydrogen) atoms. The van der Waals surface area contributed by atoms with Gasteiger partial charge in [0.2, 0.25) is 5.91 Å². The number of primary amides is 1. The van der Waals surface area contributed by atoms with Crippen molar-refractivity contribution in [2.24, 2.45) is 5.73 Å². The van der Waals surface area contributed by atoms with Crippen molar-refractivity contribution in [3.8, 4) is 11.4 Å². The second-order valence-corrected chi connectivity index (χ2v) is 6.96. The van der Waals surface area contributed by atoms with Crippen molar-refractivity contribution < 1.29 is 14.7 Å². The highest BCUT2D eigenvalue weighted by atomic mass is 16.3. The van der Waals surface area contributed by atoms with E-state index in [0.29, 0.717) is 17.4 Å². The third-order valence-corrected chi connectivity index (χ3v) is 4.85. The number of nitrogens with zero attached hydrogens (tertiary/aromatic N) is 3. The summed E-state index contributed by atoms with van der Waals surface area (Å²) in [6.45, 7) is 1.81. The maximum absolute atomic E-state index is 12.5. The van der Waals surface area contributed by atoms with E-state index in [1.54, 1.807) is 24.3 Å². The third kappa shape index (κ3) is 3.46. The van der Waals surface area contributed by atoms with Gasteiger partial charge in [-0.1, -0.05) is 12.1 Å². The number of carbonyl (C=O) groups is 2. The summed E-state index contributed by atoms with van der Waals surface area (Å²) in [5, 5.41) is 23.6. The lowest BCUT2D eigenvalue weighted by Crippen LogP contribution is -2.19. The van der Waals surface area contributed by atoms with Crippen molar-refractivity contribution in [2.75, 3.05) is 5.32 Å². The molecule has 1 atom stereocenters. The molecule has 2 heterocycles. The molecule has 0 bridgehead atoms. The largest absolute Gasteiger partial charge is 0.504 e. The molecule has 4 rings (SSSR count). The van der Waals surface area contributed by atoms with Gasteiger partial charge in [-0.2, -0.15) is 10.2 Å². The molecule has 9 heteroatoms. The Morgan fingerprint density at radius 3 is 2.64 bits per heavy atom. The molecule has 0 aliphatic heterocycles. The SMILES string of the molecule is CC(C(=O)Nc1cc(C2CC2)[nH]n1)c1ccc(-n2cc(O)c(C(N)=O)n2)cc1. The van der Waals surface area contributed by atoms with Crippen LogP contribution in [0.5, 0.6) is 5.75 Å². The standard InChI is InChI=1S/C19H20N6O3/c1-10(19(28)21-16-8-14(22-23-16)12-2-3-12)11-4-6-13(7-5-11)25-9-15(26)17(24-25)18(20)27/h4-10,12,26H,2-3H2,1H3,(H2,20,27)(H2,21,22,23,28). The number of H-pyrrole nitrogens is 1. The smallest absolute Gasteiger partial charge is 0.273 e. The number of amides is 2. The average molecular weight is 380 g/mol. The van der Waals surface area contributed by atoms with Gasteiger partial charge in [0.15, 0.2) is 17.3 Å². The number of nitrogens with one attached hydrogen (secondary N) is 2. The first kappa shape index (κ1) is 17.8. The lowest BCUT2D eigenvalue weighted by Gasteiger charge is -2.12. The summed E-state index contributed by atoms with van der Waals surface area (Å²) >= 11 is 0. The minimum Gasteiger partial charge on any atom is -0.504 e. The molecule has 1 unspecified atom stereocenters. The zero-order valence-electron chi connectivity index (χ0n) is 15.2. The van der Waals surface area contributed by atoms with Crippen molar-refractivity contribution in [2.45, 2.75) is 31.6 Å². The molecule has 0 radical (unpaired) electrons. The Balaban J connectivity index is 1.45. The number of aromatic hydroxyl groups is 1. The summed E-state index contributed by atoms with van der Waals surface area (Å²) in [4.78, 5) is 23.7. The van der Waals surface area contributed by atoms with Crippen molar-refractivity contribution in [3.63, 3.8) is 0 Å². The number of aromatic nitrogens is 4. The Morgan fingerprint density at radius 2 is 2.04 bits per heavy atom. The number of hydrogen-bond donors (Lipinski definition) is 4. The third-order valence-electron chi connectivity index (χ3n) is 4.85. The van der Waals surface area contributed by atoms with Gasteiger partial charge in [0.1, 0.15) is 0 Å². The van der Waals surface area contributed by atoms with E-state index in [-0.39, 0.29) is 23.3 Å². The van der Waals surface area contributed by atoms with Crippen LogP contribution in [0.25, 0.3) is 5.69 Å². The predicted octanol–water partition coefficient (Wildman–Crippen LogP) is 2.02. The van der Waals surface area contributed by atoms with Crippen molar-refractivity contribution in [3.05, 3.63) is 53.5 Å². The molecule has 1 saturated carbocycles. The van der Waals surface area contributed by atoms with E-state index in [2.05, 4.69) is 20.6 Å². The maximum Gasteiger partial charge on any atom is 0.273 e. The van der Waals surface area contributed by atoms with Gasteiger partial charge in [-0.15, -0.1) is 0 Å². The molecule has 9 nitrogen and oxygen atoms in total. The average Bonchev–Trinajstić information content (AvgIpc) is 3.30. The van der Waals surface area contributed by atoms with Gasteiger partial charge in [-0.05, 0) is 37.5 Å². The molecule has 1 aliphatic rings. The normalized spacial score (nSPS) is 14.6. The van der Waals surface area contributed by atoms with Crippen molar-refractivity contribution >= 4 is 17.6 Å². The highest BCUT2D eigenvalue weighted by molar-refractivity contribution is 5.95. The zero-order chi connectivity index (χ0) is 19.8. The Labute approximate surface area is 160 Å². The van der Waals surface area contributed by atoms with Crippen LogP contribution in [0, 0.1) is 0 Å². The van der Waals surface area contributed by atoms with Crippen LogP contribution >= 0.6 is 0 Å². The molecule has 2 amide bonds. The van der Waals surface area contributed by atoms with Crippen LogP contribution in [0.15, 0.2) is 36.5 Å². The first-order valence-corrected chi connectivity index (χ1v) is 8.97. The van der Waals surface area contributed by atoms with E-state index in [1.165, 1.54) is 10.9 Å². The van der Waals surface area contributed by atoms with Crippen LogP contribution in [0.4, 0.5) is 5.82 Å². The van der Waals surface area contributed by atoms with Crippen LogP contribution in [0.1, 0.15) is 53.3 Å². The molecule has 1 aliphatic carbocycles. The number of anilines is 1. The van der Waals surface area contributed by atoms with Crippen LogP contribution in [-0.4, -0.2) is 36.9 Å². The van der Waals surface area contributed by atoms with Gasteiger partial charge >= 0.3 is 0 Å². The van der Waals surface area contributed by atoms with Crippen LogP contribution < -0.4 is 11.1 Å². The highest BCUT2D eigenvalue weighted by Crippen LogP contribution is 2.39. The second kappa shape index (κ2) is 6.84. The van der Waals surface area contributed by atoms with E-state index < -0.39 is 5.91 Å². The van der Waals surface area contributed by atoms with Gasteiger partial charge in [0, 0.05) is 17.7 Å². The maximum atomic E-state index is 12.5. The molecule has 0 saturated heterocycles. The lowest BCUT2D eigenvalue weighted by atomic mass is 10.00. The first-order valence-electron chi connectivity index (χ1n) is 8.97. The minimum atomic E-state index is -0.804. The molecule has 1 fully saturated rings. The molecular weight excluding hydrogens is 360 g/mol. The van der Waals surface area contributed by atoms with Crippen LogP contribution in [0.3, 0.4) is 0 Å². The van der Waals surface area contributed by atoms with Crippen molar-refractivity contribution in [1.82, 2.24) is 20.0 Å². The van der Waals surface area contributed by atoms with Crippen LogP contribution in [-0.2, 0) is 4.79 Å². The Morgan fingerprint density at radius 1 is 1.32 bits per heavy atom. The topological polar surface area (TPSA) is 139 Å². The molecule has 2 aromatic heterocycles. The van der Waals surface area contributed by atoms with E-state index in [4.69, 9.17) is 5.73 Å². The summed E-state index contributed by atoms with van der Waals surface area (Å²) in [5.41, 5.74) is 7.46. The number of hydrogen-bond acceptors (Lipinski definition) is 5. The van der Waals surface area contributed by atoms with E-state index in [9.17, 15) is 14.7 Å². The number of nitrogens with two attached hydrogens (primary N) is 1. The number of aromatic amines is 1. The van der Waals surface area contributed by atoms with Gasteiger partial charge < -0.3 is 16.2 Å². The fourth-order valence-corrected chi connectivity index (χ4v) is 2.98. The molecule has 0 spiro atoms. The fraction of sp³-hybridized carbons (Fsp3) is 0.263. The summed E-state index contributed by atoms with van der Waals surface area (Å²) in [7, 11) is 0. The second-order valence-electron chi connectivity index (χ2n) is 6.96. The summed E-state index contributed by atoms with van der Waals surface area (Å²) in [6.07, 6.45) is 3.63. The number of rotatable bonds is 6. The summed E-state index contributed by atoms with van der Waals surface area (Å²) in [6, 6.07) is 8.96. The van der Waals surface area contributed by atoms with Crippen molar-refractivity contribution in [1.29, 1.82) is 0 Å². The van der Waals surface area contributed by atoms with E-state index in [0.717, 1.165) is 24.1 Å². The Bertz CT molecular complexity index is 1030. The molecule has 144 valence electrons. The van der Waals surface area contributed by atoms with Crippen LogP contribution in [0.2, 0.25) is 0 Å². The molecule has 5 N–H and O–H groups in total. The van der Waals surface area contributed by atoms with Gasteiger partial charge in [0.05, 0.1) is 17.8 Å². The monoisotopic (exact) mass is 380 g/mol. The van der Waals surface area contributed by atoms with Gasteiger partial charge in [0.25, 0.3) is 5.91 Å². The number of benzene rings is 1. The molecular formula is C19H20N6O3. The quantitative estimate of drug-likeness (QED) is 0.518. The summed E-state index contributed by atoms with van der Waals surface area (Å²) in [5.74, 6) is -0.562. The predicted molar refractivity (Wildman–Crippen MR) is 101 cm³/mol. The Hall–Kier alpha value is -3.62. The highest BCUT2D eigenvalue weighted by Gasteiger charge is 2.26. The van der Waals surface area contributed by atoms with Gasteiger partial charge in [-0.25, -0.2) is 4.68 Å². The summed E-state index contributed by atoms with van der Waals surface area (Å²) < 4.78 is 1.35. The fourth-order valence-electron chi connectivity index (χ4n) is 2.98. The minimum absolute atomic E-state index is 0.158. The molecule has 3 aromatic rings.